The quantitative estimate of drug-likeness (QED) is 0.451. The normalized spacial score (nSPS) is 12.1. The Morgan fingerprint density at radius 1 is 1.25 bits per heavy atom. The van der Waals surface area contributed by atoms with Crippen LogP contribution in [0.4, 0.5) is 0 Å². The summed E-state index contributed by atoms with van der Waals surface area (Å²) < 4.78 is 28.2. The Hall–Kier alpha value is -1.13. The van der Waals surface area contributed by atoms with Gasteiger partial charge in [-0.25, -0.2) is 0 Å². The molecule has 1 aromatic rings. The average molecular weight is 240 g/mol. The Morgan fingerprint density at radius 3 is 2.44 bits per heavy atom. The van der Waals surface area contributed by atoms with Gasteiger partial charge in [-0.2, -0.15) is 8.42 Å². The molecule has 0 heterocycles. The van der Waals surface area contributed by atoms with Crippen LogP contribution in [0.15, 0.2) is 41.3 Å². The van der Waals surface area contributed by atoms with Gasteiger partial charge in [0.25, 0.3) is 10.1 Å². The molecule has 1 rings (SSSR count). The monoisotopic (exact) mass is 240 g/mol. The van der Waals surface area contributed by atoms with Gasteiger partial charge in [0.1, 0.15) is 0 Å². The molecular formula is C12H16O3S. The molecule has 0 aliphatic heterocycles. The molecule has 0 aromatic heterocycles. The van der Waals surface area contributed by atoms with Crippen LogP contribution < -0.4 is 0 Å². The molecule has 0 N–H and O–H groups in total. The lowest BCUT2D eigenvalue weighted by Crippen LogP contribution is -2.07. The van der Waals surface area contributed by atoms with E-state index in [9.17, 15) is 8.42 Å². The van der Waals surface area contributed by atoms with Gasteiger partial charge in [0.2, 0.25) is 0 Å². The van der Waals surface area contributed by atoms with Crippen molar-refractivity contribution < 1.29 is 12.6 Å². The second-order valence-corrected chi connectivity index (χ2v) is 5.06. The van der Waals surface area contributed by atoms with Crippen molar-refractivity contribution in [3.8, 4) is 0 Å². The standard InChI is InChI=1S/C12H16O3S/c1-3-4-5-10-15-16(13,14)12-8-6-11(2)7-9-12/h3-4,6-9H,5,10H2,1-2H3. The molecule has 4 heteroatoms. The van der Waals surface area contributed by atoms with Gasteiger partial charge in [-0.05, 0) is 32.4 Å². The molecule has 0 unspecified atom stereocenters. The molecule has 0 saturated carbocycles. The Kier molecular flexibility index (Phi) is 4.71. The molecular weight excluding hydrogens is 224 g/mol. The highest BCUT2D eigenvalue weighted by Gasteiger charge is 2.13. The molecule has 0 spiro atoms. The van der Waals surface area contributed by atoms with E-state index >= 15 is 0 Å². The zero-order valence-corrected chi connectivity index (χ0v) is 10.3. The number of benzene rings is 1. The first-order valence-corrected chi connectivity index (χ1v) is 6.54. The predicted molar refractivity (Wildman–Crippen MR) is 63.7 cm³/mol. The number of hydrogen-bond donors (Lipinski definition) is 0. The summed E-state index contributed by atoms with van der Waals surface area (Å²) in [6, 6.07) is 6.62. The highest BCUT2D eigenvalue weighted by atomic mass is 32.2. The Balaban J connectivity index is 2.67. The van der Waals surface area contributed by atoms with Crippen LogP contribution in [-0.2, 0) is 14.3 Å². The highest BCUT2D eigenvalue weighted by Crippen LogP contribution is 2.13. The van der Waals surface area contributed by atoms with Crippen molar-refractivity contribution in [1.82, 2.24) is 0 Å². The number of allylic oxidation sites excluding steroid dienone is 1. The lowest BCUT2D eigenvalue weighted by Gasteiger charge is -2.04. The summed E-state index contributed by atoms with van der Waals surface area (Å²) in [5.74, 6) is 0. The third-order valence-corrected chi connectivity index (χ3v) is 3.39. The minimum absolute atomic E-state index is 0.181. The van der Waals surface area contributed by atoms with Gasteiger partial charge in [-0.1, -0.05) is 29.8 Å². The van der Waals surface area contributed by atoms with E-state index in [2.05, 4.69) is 0 Å². The average Bonchev–Trinajstić information content (AvgIpc) is 2.25. The maximum atomic E-state index is 11.7. The second kappa shape index (κ2) is 5.82. The van der Waals surface area contributed by atoms with Crippen LogP contribution in [0.1, 0.15) is 18.9 Å². The predicted octanol–water partition coefficient (Wildman–Crippen LogP) is 2.67. The fraction of sp³-hybridized carbons (Fsp3) is 0.333. The first kappa shape index (κ1) is 12.9. The van der Waals surface area contributed by atoms with Gasteiger partial charge in [0.15, 0.2) is 0 Å². The number of rotatable bonds is 5. The van der Waals surface area contributed by atoms with Crippen LogP contribution in [-0.4, -0.2) is 15.0 Å². The molecule has 88 valence electrons. The lowest BCUT2D eigenvalue weighted by molar-refractivity contribution is 0.324. The summed E-state index contributed by atoms with van der Waals surface area (Å²) >= 11 is 0. The van der Waals surface area contributed by atoms with Gasteiger partial charge in [0.05, 0.1) is 11.5 Å². The topological polar surface area (TPSA) is 43.4 Å². The molecule has 0 fully saturated rings. The van der Waals surface area contributed by atoms with Gasteiger partial charge < -0.3 is 0 Å². The van der Waals surface area contributed by atoms with E-state index in [1.807, 2.05) is 26.0 Å². The lowest BCUT2D eigenvalue weighted by atomic mass is 10.2. The Labute approximate surface area is 96.9 Å². The zero-order chi connectivity index (χ0) is 12.0. The number of aryl methyl sites for hydroxylation is 1. The number of hydrogen-bond acceptors (Lipinski definition) is 3. The van der Waals surface area contributed by atoms with E-state index in [4.69, 9.17) is 4.18 Å². The van der Waals surface area contributed by atoms with Crippen LogP contribution in [0, 0.1) is 6.92 Å². The van der Waals surface area contributed by atoms with E-state index in [1.165, 1.54) is 0 Å². The minimum Gasteiger partial charge on any atom is -0.266 e. The summed E-state index contributed by atoms with van der Waals surface area (Å²) in [5.41, 5.74) is 1.02. The molecule has 0 saturated heterocycles. The molecule has 0 aliphatic rings. The first-order valence-electron chi connectivity index (χ1n) is 5.13. The Bertz CT molecular complexity index is 444. The van der Waals surface area contributed by atoms with Crippen LogP contribution in [0.2, 0.25) is 0 Å². The van der Waals surface area contributed by atoms with Gasteiger partial charge >= 0.3 is 0 Å². The SMILES string of the molecule is CC=CCCOS(=O)(=O)c1ccc(C)cc1. The van der Waals surface area contributed by atoms with Crippen LogP contribution in [0.5, 0.6) is 0 Å². The van der Waals surface area contributed by atoms with Crippen LogP contribution in [0.3, 0.4) is 0 Å². The van der Waals surface area contributed by atoms with E-state index in [0.29, 0.717) is 6.42 Å². The molecule has 0 atom stereocenters. The van der Waals surface area contributed by atoms with Crippen LogP contribution >= 0.6 is 0 Å². The van der Waals surface area contributed by atoms with Crippen molar-refractivity contribution in [2.75, 3.05) is 6.61 Å². The second-order valence-electron chi connectivity index (χ2n) is 3.45. The van der Waals surface area contributed by atoms with Gasteiger partial charge in [-0.3, -0.25) is 4.18 Å². The van der Waals surface area contributed by atoms with Crippen molar-refractivity contribution in [2.24, 2.45) is 0 Å². The van der Waals surface area contributed by atoms with Crippen molar-refractivity contribution in [1.29, 1.82) is 0 Å². The smallest absolute Gasteiger partial charge is 0.266 e. The molecule has 0 aliphatic carbocycles. The summed E-state index contributed by atoms with van der Waals surface area (Å²) in [6.07, 6.45) is 4.33. The maximum Gasteiger partial charge on any atom is 0.296 e. The van der Waals surface area contributed by atoms with Crippen molar-refractivity contribution in [2.45, 2.75) is 25.2 Å². The summed E-state index contributed by atoms with van der Waals surface area (Å²) in [7, 11) is -3.59. The zero-order valence-electron chi connectivity index (χ0n) is 9.51. The van der Waals surface area contributed by atoms with E-state index in [1.54, 1.807) is 24.3 Å². The van der Waals surface area contributed by atoms with Gasteiger partial charge in [-0.15, -0.1) is 0 Å². The molecule has 1 aromatic carbocycles. The van der Waals surface area contributed by atoms with E-state index in [0.717, 1.165) is 5.56 Å². The van der Waals surface area contributed by atoms with Crippen molar-refractivity contribution in [3.63, 3.8) is 0 Å². The van der Waals surface area contributed by atoms with Crippen molar-refractivity contribution in [3.05, 3.63) is 42.0 Å². The minimum atomic E-state index is -3.59. The summed E-state index contributed by atoms with van der Waals surface area (Å²) in [6.45, 7) is 3.97. The molecule has 16 heavy (non-hydrogen) atoms. The summed E-state index contributed by atoms with van der Waals surface area (Å²) in [5, 5.41) is 0. The maximum absolute atomic E-state index is 11.7. The van der Waals surface area contributed by atoms with E-state index < -0.39 is 10.1 Å². The first-order chi connectivity index (χ1) is 7.56. The largest absolute Gasteiger partial charge is 0.296 e. The molecule has 3 nitrogen and oxygen atoms in total. The van der Waals surface area contributed by atoms with Gasteiger partial charge in [0, 0.05) is 0 Å². The third kappa shape index (κ3) is 3.79. The van der Waals surface area contributed by atoms with E-state index in [-0.39, 0.29) is 11.5 Å². The summed E-state index contributed by atoms with van der Waals surface area (Å²) in [4.78, 5) is 0.207. The molecule has 0 amide bonds. The molecule has 0 bridgehead atoms. The molecule has 0 radical (unpaired) electrons. The fourth-order valence-electron chi connectivity index (χ4n) is 1.17. The third-order valence-electron chi connectivity index (χ3n) is 2.07. The van der Waals surface area contributed by atoms with Crippen molar-refractivity contribution >= 4 is 10.1 Å². The van der Waals surface area contributed by atoms with Crippen LogP contribution in [0.25, 0.3) is 0 Å². The Morgan fingerprint density at radius 2 is 1.88 bits per heavy atom. The fourth-order valence-corrected chi connectivity index (χ4v) is 2.09. The highest BCUT2D eigenvalue weighted by molar-refractivity contribution is 7.86.